The van der Waals surface area contributed by atoms with E-state index in [1.54, 1.807) is 0 Å². The second-order valence-electron chi connectivity index (χ2n) is 6.21. The van der Waals surface area contributed by atoms with Crippen molar-refractivity contribution in [1.29, 1.82) is 0 Å². The van der Waals surface area contributed by atoms with Crippen molar-refractivity contribution in [1.82, 2.24) is 4.90 Å². The van der Waals surface area contributed by atoms with Gasteiger partial charge < -0.3 is 9.64 Å². The number of benzene rings is 2. The van der Waals surface area contributed by atoms with Crippen molar-refractivity contribution in [2.24, 2.45) is 0 Å². The summed E-state index contributed by atoms with van der Waals surface area (Å²) in [4.78, 5) is 14.4. The van der Waals surface area contributed by atoms with Gasteiger partial charge in [-0.15, -0.1) is 0 Å². The first-order chi connectivity index (χ1) is 11.7. The van der Waals surface area contributed by atoms with Crippen molar-refractivity contribution in [2.75, 3.05) is 13.1 Å². The van der Waals surface area contributed by atoms with E-state index in [1.807, 2.05) is 59.5 Å². The first-order valence-corrected chi connectivity index (χ1v) is 8.76. The molecule has 3 rings (SSSR count). The summed E-state index contributed by atoms with van der Waals surface area (Å²) in [5.41, 5.74) is 2.12. The Kier molecular flexibility index (Phi) is 5.89. The Labute approximate surface area is 148 Å². The van der Waals surface area contributed by atoms with E-state index in [4.69, 9.17) is 16.3 Å². The second-order valence-corrected chi connectivity index (χ2v) is 6.64. The predicted molar refractivity (Wildman–Crippen MR) is 96.0 cm³/mol. The number of piperidine rings is 1. The molecule has 1 heterocycles. The lowest BCUT2D eigenvalue weighted by Crippen LogP contribution is -2.43. The molecule has 126 valence electrons. The molecule has 1 aliphatic heterocycles. The van der Waals surface area contributed by atoms with E-state index in [2.05, 4.69) is 0 Å². The van der Waals surface area contributed by atoms with E-state index >= 15 is 0 Å². The average Bonchev–Trinajstić information content (AvgIpc) is 2.61. The summed E-state index contributed by atoms with van der Waals surface area (Å²) in [6.07, 6.45) is 2.54. The number of hydrogen-bond donors (Lipinski definition) is 0. The maximum Gasteiger partial charge on any atom is 0.227 e. The van der Waals surface area contributed by atoms with E-state index in [1.165, 1.54) is 0 Å². The minimum absolute atomic E-state index is 0.0949. The summed E-state index contributed by atoms with van der Waals surface area (Å²) >= 11 is 6.00. The highest BCUT2D eigenvalue weighted by molar-refractivity contribution is 6.30. The highest BCUT2D eigenvalue weighted by atomic mass is 35.5. The van der Waals surface area contributed by atoms with Gasteiger partial charge in [0.05, 0.1) is 19.1 Å². The van der Waals surface area contributed by atoms with Crippen molar-refractivity contribution < 1.29 is 9.53 Å². The number of nitrogens with zero attached hydrogens (tertiary/aromatic N) is 1. The van der Waals surface area contributed by atoms with Gasteiger partial charge in [-0.25, -0.2) is 0 Å². The maximum atomic E-state index is 12.5. The highest BCUT2D eigenvalue weighted by Gasteiger charge is 2.24. The Hall–Kier alpha value is -1.84. The van der Waals surface area contributed by atoms with Crippen LogP contribution in [0.15, 0.2) is 54.6 Å². The van der Waals surface area contributed by atoms with Gasteiger partial charge in [-0.2, -0.15) is 0 Å². The molecule has 0 radical (unpaired) electrons. The van der Waals surface area contributed by atoms with E-state index in [0.29, 0.717) is 19.6 Å². The van der Waals surface area contributed by atoms with Crippen LogP contribution < -0.4 is 0 Å². The summed E-state index contributed by atoms with van der Waals surface area (Å²) in [7, 11) is 0. The fraction of sp³-hybridized carbons (Fsp3) is 0.350. The van der Waals surface area contributed by atoms with Crippen LogP contribution in [-0.4, -0.2) is 30.0 Å². The Morgan fingerprint density at radius 1 is 1.12 bits per heavy atom. The van der Waals surface area contributed by atoms with Crippen LogP contribution in [0.1, 0.15) is 24.0 Å². The average molecular weight is 344 g/mol. The zero-order chi connectivity index (χ0) is 16.8. The molecule has 4 heteroatoms. The number of amides is 1. The Morgan fingerprint density at radius 2 is 1.92 bits per heavy atom. The van der Waals surface area contributed by atoms with Crippen LogP contribution in [0.3, 0.4) is 0 Å². The number of rotatable bonds is 5. The van der Waals surface area contributed by atoms with Crippen LogP contribution in [0.5, 0.6) is 0 Å². The number of carbonyl (C=O) groups is 1. The molecule has 0 saturated carbocycles. The third-order valence-corrected chi connectivity index (χ3v) is 4.54. The van der Waals surface area contributed by atoms with Gasteiger partial charge in [-0.05, 0) is 36.1 Å². The van der Waals surface area contributed by atoms with Crippen molar-refractivity contribution in [3.63, 3.8) is 0 Å². The third kappa shape index (κ3) is 4.83. The monoisotopic (exact) mass is 343 g/mol. The standard InChI is InChI=1S/C20H22ClNO2/c21-18-9-4-8-17(12-18)15-24-19-10-5-11-22(14-19)20(23)13-16-6-2-1-3-7-16/h1-4,6-9,12,19H,5,10-11,13-15H2. The summed E-state index contributed by atoms with van der Waals surface area (Å²) in [5.74, 6) is 0.178. The van der Waals surface area contributed by atoms with Gasteiger partial charge in [0.25, 0.3) is 0 Å². The lowest BCUT2D eigenvalue weighted by atomic mass is 10.1. The van der Waals surface area contributed by atoms with Crippen LogP contribution in [-0.2, 0) is 22.6 Å². The van der Waals surface area contributed by atoms with Crippen molar-refractivity contribution >= 4 is 17.5 Å². The first-order valence-electron chi connectivity index (χ1n) is 8.38. The molecule has 0 N–H and O–H groups in total. The van der Waals surface area contributed by atoms with Crippen LogP contribution in [0.25, 0.3) is 0 Å². The smallest absolute Gasteiger partial charge is 0.227 e. The number of ether oxygens (including phenoxy) is 1. The zero-order valence-corrected chi connectivity index (χ0v) is 14.4. The van der Waals surface area contributed by atoms with Gasteiger partial charge >= 0.3 is 0 Å². The molecule has 24 heavy (non-hydrogen) atoms. The fourth-order valence-electron chi connectivity index (χ4n) is 3.02. The van der Waals surface area contributed by atoms with Crippen LogP contribution in [0.2, 0.25) is 5.02 Å². The lowest BCUT2D eigenvalue weighted by Gasteiger charge is -2.33. The lowest BCUT2D eigenvalue weighted by molar-refractivity contribution is -0.134. The molecule has 1 fully saturated rings. The van der Waals surface area contributed by atoms with E-state index in [9.17, 15) is 4.79 Å². The number of hydrogen-bond acceptors (Lipinski definition) is 2. The molecule has 1 aliphatic rings. The minimum atomic E-state index is 0.0949. The van der Waals surface area contributed by atoms with Crippen LogP contribution in [0.4, 0.5) is 0 Å². The van der Waals surface area contributed by atoms with Crippen molar-refractivity contribution in [3.8, 4) is 0 Å². The molecule has 0 spiro atoms. The molecular weight excluding hydrogens is 322 g/mol. The van der Waals surface area contributed by atoms with Gasteiger partial charge in [0.15, 0.2) is 0 Å². The van der Waals surface area contributed by atoms with Crippen molar-refractivity contribution in [3.05, 3.63) is 70.7 Å². The Balaban J connectivity index is 1.51. The second kappa shape index (κ2) is 8.32. The topological polar surface area (TPSA) is 29.5 Å². The third-order valence-electron chi connectivity index (χ3n) is 4.30. The molecule has 2 aromatic rings. The van der Waals surface area contributed by atoms with Crippen LogP contribution >= 0.6 is 11.6 Å². The zero-order valence-electron chi connectivity index (χ0n) is 13.7. The number of likely N-dealkylation sites (tertiary alicyclic amines) is 1. The Morgan fingerprint density at radius 3 is 2.71 bits per heavy atom. The van der Waals surface area contributed by atoms with Gasteiger partial charge in [0.2, 0.25) is 5.91 Å². The fourth-order valence-corrected chi connectivity index (χ4v) is 3.24. The summed E-state index contributed by atoms with van der Waals surface area (Å²) in [6.45, 7) is 2.03. The molecule has 1 saturated heterocycles. The molecular formula is C20H22ClNO2. The van der Waals surface area contributed by atoms with Gasteiger partial charge in [-0.1, -0.05) is 54.1 Å². The van der Waals surface area contributed by atoms with E-state index in [-0.39, 0.29) is 12.0 Å². The molecule has 0 aromatic heterocycles. The number of halogens is 1. The Bertz CT molecular complexity index is 674. The van der Waals surface area contributed by atoms with E-state index in [0.717, 1.165) is 35.5 Å². The summed E-state index contributed by atoms with van der Waals surface area (Å²) < 4.78 is 6.00. The quantitative estimate of drug-likeness (QED) is 0.818. The first kappa shape index (κ1) is 17.0. The SMILES string of the molecule is O=C(Cc1ccccc1)N1CCCC(OCc2cccc(Cl)c2)C1. The molecule has 1 amide bonds. The maximum absolute atomic E-state index is 12.5. The molecule has 0 aliphatic carbocycles. The van der Waals surface area contributed by atoms with Gasteiger partial charge in [0.1, 0.15) is 0 Å². The highest BCUT2D eigenvalue weighted by Crippen LogP contribution is 2.18. The summed E-state index contributed by atoms with van der Waals surface area (Å²) in [6, 6.07) is 17.6. The van der Waals surface area contributed by atoms with Crippen LogP contribution in [0, 0.1) is 0 Å². The minimum Gasteiger partial charge on any atom is -0.372 e. The molecule has 1 atom stereocenters. The largest absolute Gasteiger partial charge is 0.372 e. The van der Waals surface area contributed by atoms with Crippen molar-refractivity contribution in [2.45, 2.75) is 32.0 Å². The normalized spacial score (nSPS) is 17.7. The van der Waals surface area contributed by atoms with Gasteiger partial charge in [0, 0.05) is 18.1 Å². The number of carbonyl (C=O) groups excluding carboxylic acids is 1. The van der Waals surface area contributed by atoms with Gasteiger partial charge in [-0.3, -0.25) is 4.79 Å². The molecule has 3 nitrogen and oxygen atoms in total. The summed E-state index contributed by atoms with van der Waals surface area (Å²) in [5, 5.41) is 0.722. The van der Waals surface area contributed by atoms with E-state index < -0.39 is 0 Å². The molecule has 2 aromatic carbocycles. The predicted octanol–water partition coefficient (Wildman–Crippen LogP) is 4.09. The molecule has 1 unspecified atom stereocenters. The molecule has 0 bridgehead atoms.